The first kappa shape index (κ1) is 32.8. The topological polar surface area (TPSA) is 233 Å². The fraction of sp³-hybridized carbons (Fsp3) is 0.917. The van der Waals surface area contributed by atoms with Gasteiger partial charge in [-0.2, -0.15) is 0 Å². The number of aliphatic hydroxyl groups is 8. The van der Waals surface area contributed by atoms with Crippen LogP contribution in [0.4, 0.5) is 0 Å². The van der Waals surface area contributed by atoms with E-state index in [0.29, 0.717) is 12.8 Å². The second kappa shape index (κ2) is 16.6. The van der Waals surface area contributed by atoms with Crippen molar-refractivity contribution in [1.82, 2.24) is 0 Å². The van der Waals surface area contributed by atoms with Gasteiger partial charge in [-0.1, -0.05) is 51.4 Å². The van der Waals surface area contributed by atoms with Gasteiger partial charge >= 0.3 is 11.9 Å². The van der Waals surface area contributed by atoms with Gasteiger partial charge in [0.15, 0.2) is 24.8 Å². The summed E-state index contributed by atoms with van der Waals surface area (Å²) in [6, 6.07) is 0. The summed E-state index contributed by atoms with van der Waals surface area (Å²) in [5.41, 5.74) is 0. The van der Waals surface area contributed by atoms with E-state index in [1.54, 1.807) is 0 Å². The van der Waals surface area contributed by atoms with E-state index < -0.39 is 73.4 Å². The molecule has 2 fully saturated rings. The Morgan fingerprint density at radius 1 is 0.447 bits per heavy atom. The van der Waals surface area contributed by atoms with Crippen LogP contribution in [0, 0.1) is 0 Å². The molecule has 2 rings (SSSR count). The summed E-state index contributed by atoms with van der Waals surface area (Å²) in [6.07, 6.45) is -8.00. The molecule has 0 aromatic carbocycles. The van der Waals surface area contributed by atoms with Crippen LogP contribution in [0.5, 0.6) is 0 Å². The van der Waals surface area contributed by atoms with E-state index in [1.807, 2.05) is 0 Å². The maximum absolute atomic E-state index is 12.0. The van der Waals surface area contributed by atoms with Crippen molar-refractivity contribution in [3.05, 3.63) is 0 Å². The van der Waals surface area contributed by atoms with E-state index >= 15 is 0 Å². The highest BCUT2D eigenvalue weighted by Gasteiger charge is 2.48. The highest BCUT2D eigenvalue weighted by atomic mass is 16.7. The molecule has 8 N–H and O–H groups in total. The average molecular weight is 555 g/mol. The van der Waals surface area contributed by atoms with Gasteiger partial charge in [-0.25, -0.2) is 9.59 Å². The van der Waals surface area contributed by atoms with Gasteiger partial charge in [-0.15, -0.1) is 0 Å². The van der Waals surface area contributed by atoms with E-state index in [4.69, 9.17) is 18.9 Å². The maximum Gasteiger partial charge on any atom is 0.338 e. The monoisotopic (exact) mass is 554 g/mol. The SMILES string of the molecule is O=C(OCCCCCCCCCCCCOC(=O)[C@H]1O[C@@H](O)[C@H](O)[C@@H](O)[C@H]1O)[C@H]1O[C@@H](O)[C@H](O)[C@@H](O)[C@H]1O. The fourth-order valence-electron chi connectivity index (χ4n) is 4.24. The van der Waals surface area contributed by atoms with Crippen LogP contribution in [0.1, 0.15) is 64.2 Å². The van der Waals surface area contributed by atoms with Gasteiger partial charge in [-0.3, -0.25) is 0 Å². The number of ether oxygens (including phenoxy) is 4. The van der Waals surface area contributed by atoms with Crippen LogP contribution in [0.2, 0.25) is 0 Å². The number of hydrogen-bond acceptors (Lipinski definition) is 14. The molecule has 2 aliphatic heterocycles. The summed E-state index contributed by atoms with van der Waals surface area (Å²) >= 11 is 0. The van der Waals surface area contributed by atoms with Crippen molar-refractivity contribution in [2.75, 3.05) is 13.2 Å². The van der Waals surface area contributed by atoms with Gasteiger partial charge in [-0.05, 0) is 12.8 Å². The Bertz CT molecular complexity index is 650. The smallest absolute Gasteiger partial charge is 0.338 e. The Morgan fingerprint density at radius 3 is 1.05 bits per heavy atom. The third-order valence-corrected chi connectivity index (χ3v) is 6.67. The van der Waals surface area contributed by atoms with Crippen molar-refractivity contribution in [2.24, 2.45) is 0 Å². The van der Waals surface area contributed by atoms with E-state index in [2.05, 4.69) is 0 Å². The lowest BCUT2D eigenvalue weighted by molar-refractivity contribution is -0.281. The predicted molar refractivity (Wildman–Crippen MR) is 126 cm³/mol. The molecule has 38 heavy (non-hydrogen) atoms. The Labute approximate surface area is 220 Å². The number of aliphatic hydroxyl groups excluding tert-OH is 8. The number of carbonyl (C=O) groups is 2. The molecule has 2 heterocycles. The highest BCUT2D eigenvalue weighted by Crippen LogP contribution is 2.22. The number of hydrogen-bond donors (Lipinski definition) is 8. The first-order valence-corrected chi connectivity index (χ1v) is 13.1. The minimum absolute atomic E-state index is 0.111. The maximum atomic E-state index is 12.0. The lowest BCUT2D eigenvalue weighted by Crippen LogP contribution is -2.59. The summed E-state index contributed by atoms with van der Waals surface area (Å²) in [5.74, 6) is -1.82. The molecule has 0 spiro atoms. The van der Waals surface area contributed by atoms with E-state index in [9.17, 15) is 50.4 Å². The van der Waals surface area contributed by atoms with E-state index in [1.165, 1.54) is 0 Å². The molecule has 0 unspecified atom stereocenters. The second-order valence-corrected chi connectivity index (χ2v) is 9.71. The van der Waals surface area contributed by atoms with Crippen LogP contribution < -0.4 is 0 Å². The Kier molecular flexibility index (Phi) is 14.3. The summed E-state index contributed by atoms with van der Waals surface area (Å²) in [7, 11) is 0. The fourth-order valence-corrected chi connectivity index (χ4v) is 4.24. The van der Waals surface area contributed by atoms with Gasteiger partial charge in [0.25, 0.3) is 0 Å². The third-order valence-electron chi connectivity index (χ3n) is 6.67. The van der Waals surface area contributed by atoms with Crippen molar-refractivity contribution in [1.29, 1.82) is 0 Å². The van der Waals surface area contributed by atoms with Crippen molar-refractivity contribution in [2.45, 2.75) is 126 Å². The van der Waals surface area contributed by atoms with Crippen molar-refractivity contribution >= 4 is 11.9 Å². The first-order valence-electron chi connectivity index (χ1n) is 13.1. The lowest BCUT2D eigenvalue weighted by atomic mass is 9.99. The van der Waals surface area contributed by atoms with Crippen LogP contribution in [-0.4, -0.2) is 127 Å². The zero-order chi connectivity index (χ0) is 28.2. The molecule has 0 amide bonds. The number of carbonyl (C=O) groups excluding carboxylic acids is 2. The van der Waals surface area contributed by atoms with Gasteiger partial charge in [0, 0.05) is 0 Å². The molecular weight excluding hydrogens is 512 g/mol. The zero-order valence-corrected chi connectivity index (χ0v) is 21.3. The van der Waals surface area contributed by atoms with Crippen molar-refractivity contribution in [3.63, 3.8) is 0 Å². The minimum atomic E-state index is -1.79. The zero-order valence-electron chi connectivity index (χ0n) is 21.3. The largest absolute Gasteiger partial charge is 0.464 e. The number of rotatable bonds is 15. The predicted octanol–water partition coefficient (Wildman–Crippen LogP) is -2.43. The molecule has 222 valence electrons. The molecule has 0 aromatic heterocycles. The van der Waals surface area contributed by atoms with Crippen molar-refractivity contribution < 1.29 is 69.4 Å². The van der Waals surface area contributed by atoms with E-state index in [-0.39, 0.29) is 13.2 Å². The normalized spacial score (nSPS) is 35.6. The van der Waals surface area contributed by atoms with Gasteiger partial charge in [0.05, 0.1) is 13.2 Å². The van der Waals surface area contributed by atoms with Gasteiger partial charge in [0.2, 0.25) is 0 Å². The minimum Gasteiger partial charge on any atom is -0.464 e. The highest BCUT2D eigenvalue weighted by molar-refractivity contribution is 5.76. The molecule has 0 aliphatic carbocycles. The molecule has 2 saturated heterocycles. The van der Waals surface area contributed by atoms with Crippen LogP contribution in [-0.2, 0) is 28.5 Å². The summed E-state index contributed by atoms with van der Waals surface area (Å²) in [4.78, 5) is 24.0. The quantitative estimate of drug-likeness (QED) is 0.0777. The van der Waals surface area contributed by atoms with Gasteiger partial charge in [0.1, 0.15) is 36.6 Å². The lowest BCUT2D eigenvalue weighted by Gasteiger charge is -2.36. The summed E-state index contributed by atoms with van der Waals surface area (Å²) in [6.45, 7) is 0.222. The van der Waals surface area contributed by atoms with E-state index in [0.717, 1.165) is 51.4 Å². The average Bonchev–Trinajstić information content (AvgIpc) is 2.90. The van der Waals surface area contributed by atoms with Gasteiger partial charge < -0.3 is 59.8 Å². The molecular formula is C24H42O14. The molecule has 0 aromatic rings. The molecule has 2 aliphatic rings. The summed E-state index contributed by atoms with van der Waals surface area (Å²) in [5, 5.41) is 76.6. The second-order valence-electron chi connectivity index (χ2n) is 9.71. The molecule has 0 saturated carbocycles. The van der Waals surface area contributed by atoms with Crippen LogP contribution in [0.3, 0.4) is 0 Å². The molecule has 0 bridgehead atoms. The number of unbranched alkanes of at least 4 members (excludes halogenated alkanes) is 9. The van der Waals surface area contributed by atoms with Crippen LogP contribution in [0.25, 0.3) is 0 Å². The summed E-state index contributed by atoms with van der Waals surface area (Å²) < 4.78 is 19.7. The Balaban J connectivity index is 1.40. The number of esters is 2. The van der Waals surface area contributed by atoms with Crippen molar-refractivity contribution in [3.8, 4) is 0 Å². The first-order chi connectivity index (χ1) is 18.1. The third kappa shape index (κ3) is 9.62. The Hall–Kier alpha value is -1.46. The van der Waals surface area contributed by atoms with Crippen LogP contribution >= 0.6 is 0 Å². The Morgan fingerprint density at radius 2 is 0.737 bits per heavy atom. The molecule has 14 heteroatoms. The van der Waals surface area contributed by atoms with Crippen LogP contribution in [0.15, 0.2) is 0 Å². The molecule has 10 atom stereocenters. The molecule has 14 nitrogen and oxygen atoms in total. The molecule has 0 radical (unpaired) electrons. The standard InChI is InChI=1S/C24H42O14/c25-13-15(27)19(37-21(31)17(13)29)23(33)35-11-9-7-5-3-1-2-4-6-8-10-12-36-24(34)20-16(28)14(26)18(30)22(32)38-20/h13-22,25-32H,1-12H2/t13-,14-,15+,16+,17+,18+,19-,20-,21+,22+/m0/s1.